The van der Waals surface area contributed by atoms with Gasteiger partial charge in [0.1, 0.15) is 0 Å². The van der Waals surface area contributed by atoms with Crippen LogP contribution in [0.3, 0.4) is 0 Å². The standard InChI is InChI=1S/C13H14ClN/c1-2-12(14)8-10-7-11-5-3-4-6-13(11)15-9-10/h3-7,9,12H,2,8H2,1H3. The van der Waals surface area contributed by atoms with Crippen molar-refractivity contribution in [3.8, 4) is 0 Å². The zero-order valence-corrected chi connectivity index (χ0v) is 9.54. The second kappa shape index (κ2) is 4.63. The molecule has 0 fully saturated rings. The molecule has 1 atom stereocenters. The van der Waals surface area contributed by atoms with Gasteiger partial charge in [-0.3, -0.25) is 4.98 Å². The predicted molar refractivity (Wildman–Crippen MR) is 65.4 cm³/mol. The molecule has 2 heteroatoms. The molecule has 0 aliphatic carbocycles. The second-order valence-corrected chi connectivity index (χ2v) is 4.36. The Balaban J connectivity index is 2.30. The summed E-state index contributed by atoms with van der Waals surface area (Å²) >= 11 is 6.12. The van der Waals surface area contributed by atoms with Crippen molar-refractivity contribution in [1.29, 1.82) is 0 Å². The zero-order valence-electron chi connectivity index (χ0n) is 8.78. The minimum atomic E-state index is 0.216. The van der Waals surface area contributed by atoms with E-state index in [0.717, 1.165) is 18.4 Å². The Bertz CT molecular complexity index is 453. The molecule has 1 unspecified atom stereocenters. The van der Waals surface area contributed by atoms with Crippen LogP contribution in [0.25, 0.3) is 10.9 Å². The van der Waals surface area contributed by atoms with E-state index in [1.807, 2.05) is 24.4 Å². The molecule has 2 aromatic rings. The Labute approximate surface area is 95.1 Å². The van der Waals surface area contributed by atoms with Gasteiger partial charge in [0, 0.05) is 17.0 Å². The monoisotopic (exact) mass is 219 g/mol. The van der Waals surface area contributed by atoms with Gasteiger partial charge in [-0.05, 0) is 30.5 Å². The molecular formula is C13H14ClN. The molecule has 0 saturated carbocycles. The molecule has 15 heavy (non-hydrogen) atoms. The Kier molecular flexibility index (Phi) is 3.22. The number of nitrogens with zero attached hydrogens (tertiary/aromatic N) is 1. The first kappa shape index (κ1) is 10.4. The summed E-state index contributed by atoms with van der Waals surface area (Å²) in [6, 6.07) is 10.3. The highest BCUT2D eigenvalue weighted by atomic mass is 35.5. The average molecular weight is 220 g/mol. The molecule has 0 spiro atoms. The van der Waals surface area contributed by atoms with Crippen molar-refractivity contribution in [3.63, 3.8) is 0 Å². The number of hydrogen-bond donors (Lipinski definition) is 0. The van der Waals surface area contributed by atoms with Gasteiger partial charge >= 0.3 is 0 Å². The van der Waals surface area contributed by atoms with Gasteiger partial charge in [-0.25, -0.2) is 0 Å². The zero-order chi connectivity index (χ0) is 10.7. The summed E-state index contributed by atoms with van der Waals surface area (Å²) in [4.78, 5) is 4.41. The van der Waals surface area contributed by atoms with Crippen LogP contribution in [0.15, 0.2) is 36.5 Å². The first-order valence-electron chi connectivity index (χ1n) is 5.27. The number of rotatable bonds is 3. The van der Waals surface area contributed by atoms with Crippen molar-refractivity contribution >= 4 is 22.5 Å². The number of hydrogen-bond acceptors (Lipinski definition) is 1. The molecule has 0 aliphatic rings. The molecule has 1 aromatic heterocycles. The number of pyridine rings is 1. The molecule has 0 amide bonds. The SMILES string of the molecule is CCC(Cl)Cc1cnc2ccccc2c1. The van der Waals surface area contributed by atoms with Gasteiger partial charge < -0.3 is 0 Å². The largest absolute Gasteiger partial charge is 0.256 e. The van der Waals surface area contributed by atoms with E-state index >= 15 is 0 Å². The third kappa shape index (κ3) is 2.48. The quantitative estimate of drug-likeness (QED) is 0.716. The van der Waals surface area contributed by atoms with Crippen LogP contribution in [0.2, 0.25) is 0 Å². The number of fused-ring (bicyclic) bond motifs is 1. The minimum Gasteiger partial charge on any atom is -0.256 e. The van der Waals surface area contributed by atoms with E-state index in [1.54, 1.807) is 0 Å². The van der Waals surface area contributed by atoms with Crippen LogP contribution in [0, 0.1) is 0 Å². The number of alkyl halides is 1. The van der Waals surface area contributed by atoms with Crippen molar-refractivity contribution in [3.05, 3.63) is 42.1 Å². The molecule has 0 N–H and O–H groups in total. The molecular weight excluding hydrogens is 206 g/mol. The van der Waals surface area contributed by atoms with Crippen LogP contribution >= 0.6 is 11.6 Å². The number of benzene rings is 1. The highest BCUT2D eigenvalue weighted by Crippen LogP contribution is 2.16. The fourth-order valence-corrected chi connectivity index (χ4v) is 1.81. The fourth-order valence-electron chi connectivity index (χ4n) is 1.63. The summed E-state index contributed by atoms with van der Waals surface area (Å²) in [7, 11) is 0. The van der Waals surface area contributed by atoms with Crippen molar-refractivity contribution in [1.82, 2.24) is 4.98 Å². The molecule has 0 bridgehead atoms. The van der Waals surface area contributed by atoms with Crippen LogP contribution in [0.5, 0.6) is 0 Å². The Morgan fingerprint density at radius 3 is 2.93 bits per heavy atom. The number of halogens is 1. The van der Waals surface area contributed by atoms with E-state index in [9.17, 15) is 0 Å². The molecule has 1 nitrogen and oxygen atoms in total. The second-order valence-electron chi connectivity index (χ2n) is 3.75. The summed E-state index contributed by atoms with van der Waals surface area (Å²) in [5.41, 5.74) is 2.26. The minimum absolute atomic E-state index is 0.216. The maximum Gasteiger partial charge on any atom is 0.0702 e. The van der Waals surface area contributed by atoms with Crippen LogP contribution in [0.4, 0.5) is 0 Å². The normalized spacial score (nSPS) is 12.9. The average Bonchev–Trinajstić information content (AvgIpc) is 2.29. The van der Waals surface area contributed by atoms with E-state index < -0.39 is 0 Å². The van der Waals surface area contributed by atoms with Gasteiger partial charge in [0.15, 0.2) is 0 Å². The lowest BCUT2D eigenvalue weighted by Crippen LogP contribution is -2.01. The summed E-state index contributed by atoms with van der Waals surface area (Å²) in [6.07, 6.45) is 3.82. The van der Waals surface area contributed by atoms with Crippen LogP contribution < -0.4 is 0 Å². The van der Waals surface area contributed by atoms with Crippen LogP contribution in [-0.2, 0) is 6.42 Å². The van der Waals surface area contributed by atoms with E-state index in [1.165, 1.54) is 10.9 Å². The Morgan fingerprint density at radius 1 is 1.33 bits per heavy atom. The third-order valence-electron chi connectivity index (χ3n) is 2.55. The van der Waals surface area contributed by atoms with Crippen molar-refractivity contribution < 1.29 is 0 Å². The summed E-state index contributed by atoms with van der Waals surface area (Å²) in [6.45, 7) is 2.10. The highest BCUT2D eigenvalue weighted by Gasteiger charge is 2.04. The van der Waals surface area contributed by atoms with Gasteiger partial charge in [0.05, 0.1) is 5.52 Å². The first-order chi connectivity index (χ1) is 7.29. The van der Waals surface area contributed by atoms with Gasteiger partial charge in [-0.15, -0.1) is 11.6 Å². The van der Waals surface area contributed by atoms with E-state index in [2.05, 4.69) is 24.0 Å². The van der Waals surface area contributed by atoms with E-state index in [4.69, 9.17) is 11.6 Å². The smallest absolute Gasteiger partial charge is 0.0702 e. The summed E-state index contributed by atoms with van der Waals surface area (Å²) in [5, 5.41) is 1.41. The molecule has 0 radical (unpaired) electrons. The van der Waals surface area contributed by atoms with Gasteiger partial charge in [-0.2, -0.15) is 0 Å². The van der Waals surface area contributed by atoms with Gasteiger partial charge in [-0.1, -0.05) is 25.1 Å². The van der Waals surface area contributed by atoms with Crippen LogP contribution in [-0.4, -0.2) is 10.4 Å². The van der Waals surface area contributed by atoms with Gasteiger partial charge in [0.2, 0.25) is 0 Å². The molecule has 2 rings (SSSR count). The first-order valence-corrected chi connectivity index (χ1v) is 5.71. The topological polar surface area (TPSA) is 12.9 Å². The Hall–Kier alpha value is -1.08. The highest BCUT2D eigenvalue weighted by molar-refractivity contribution is 6.20. The Morgan fingerprint density at radius 2 is 2.13 bits per heavy atom. The van der Waals surface area contributed by atoms with Crippen molar-refractivity contribution in [2.75, 3.05) is 0 Å². The van der Waals surface area contributed by atoms with E-state index in [0.29, 0.717) is 0 Å². The molecule has 1 aromatic carbocycles. The van der Waals surface area contributed by atoms with Crippen molar-refractivity contribution in [2.45, 2.75) is 25.1 Å². The lowest BCUT2D eigenvalue weighted by molar-refractivity contribution is 0.803. The summed E-state index contributed by atoms with van der Waals surface area (Å²) < 4.78 is 0. The van der Waals surface area contributed by atoms with Crippen molar-refractivity contribution in [2.24, 2.45) is 0 Å². The maximum absolute atomic E-state index is 6.12. The third-order valence-corrected chi connectivity index (χ3v) is 3.01. The molecule has 78 valence electrons. The molecule has 0 saturated heterocycles. The fraction of sp³-hybridized carbons (Fsp3) is 0.308. The molecule has 1 heterocycles. The lowest BCUT2D eigenvalue weighted by atomic mass is 10.1. The molecule has 0 aliphatic heterocycles. The van der Waals surface area contributed by atoms with Gasteiger partial charge in [0.25, 0.3) is 0 Å². The number of para-hydroxylation sites is 1. The predicted octanol–water partition coefficient (Wildman–Crippen LogP) is 3.79. The lowest BCUT2D eigenvalue weighted by Gasteiger charge is -2.06. The van der Waals surface area contributed by atoms with E-state index in [-0.39, 0.29) is 5.38 Å². The maximum atomic E-state index is 6.12. The summed E-state index contributed by atoms with van der Waals surface area (Å²) in [5.74, 6) is 0. The van der Waals surface area contributed by atoms with Crippen LogP contribution in [0.1, 0.15) is 18.9 Å². The number of aromatic nitrogens is 1.